The van der Waals surface area contributed by atoms with Crippen molar-refractivity contribution in [2.45, 2.75) is 26.8 Å². The first-order valence-electron chi connectivity index (χ1n) is 11.2. The smallest absolute Gasteiger partial charge is 0.338 e. The molecule has 36 heavy (non-hydrogen) atoms. The molecule has 10 heteroatoms. The van der Waals surface area contributed by atoms with E-state index >= 15 is 0 Å². The number of carboxylic acids is 1. The van der Waals surface area contributed by atoms with Gasteiger partial charge in [0.1, 0.15) is 10.3 Å². The molecule has 2 N–H and O–H groups in total. The van der Waals surface area contributed by atoms with Crippen molar-refractivity contribution in [3.8, 4) is 5.75 Å². The van der Waals surface area contributed by atoms with Crippen LogP contribution in [0.5, 0.6) is 5.75 Å². The second kappa shape index (κ2) is 10.2. The molecule has 186 valence electrons. The van der Waals surface area contributed by atoms with Crippen LogP contribution < -0.4 is 24.9 Å². The lowest BCUT2D eigenvalue weighted by Gasteiger charge is -2.24. The maximum absolute atomic E-state index is 13.6. The molecular weight excluding hydrogens is 482 g/mol. The van der Waals surface area contributed by atoms with Gasteiger partial charge in [0.05, 0.1) is 36.6 Å². The van der Waals surface area contributed by atoms with Crippen LogP contribution >= 0.6 is 11.3 Å². The van der Waals surface area contributed by atoms with Crippen LogP contribution in [0.15, 0.2) is 63.5 Å². The van der Waals surface area contributed by atoms with Crippen molar-refractivity contribution < 1.29 is 24.2 Å². The number of esters is 1. The Balaban J connectivity index is 1.85. The second-order valence-corrected chi connectivity index (χ2v) is 9.01. The van der Waals surface area contributed by atoms with E-state index in [1.807, 2.05) is 0 Å². The molecule has 2 aromatic carbocycles. The molecule has 9 nitrogen and oxygen atoms in total. The largest absolute Gasteiger partial charge is 0.497 e. The summed E-state index contributed by atoms with van der Waals surface area (Å²) in [4.78, 5) is 43.0. The third-order valence-corrected chi connectivity index (χ3v) is 6.85. The number of ether oxygens (including phenoxy) is 2. The summed E-state index contributed by atoms with van der Waals surface area (Å²) in [7, 11) is 1.56. The quantitative estimate of drug-likeness (QED) is 0.472. The van der Waals surface area contributed by atoms with Gasteiger partial charge in [-0.25, -0.2) is 14.6 Å². The fourth-order valence-corrected chi connectivity index (χ4v) is 5.03. The molecule has 0 amide bonds. The summed E-state index contributed by atoms with van der Waals surface area (Å²) in [6, 6.07) is 11.3. The third kappa shape index (κ3) is 4.55. The number of thiazole rings is 1. The first-order chi connectivity index (χ1) is 17.3. The van der Waals surface area contributed by atoms with Gasteiger partial charge in [0, 0.05) is 11.9 Å². The number of methoxy groups -OCH3 is 1. The number of anilines is 1. The van der Waals surface area contributed by atoms with E-state index in [0.717, 1.165) is 0 Å². The molecule has 1 atom stereocenters. The summed E-state index contributed by atoms with van der Waals surface area (Å²) < 4.78 is 12.4. The van der Waals surface area contributed by atoms with Gasteiger partial charge in [-0.15, -0.1) is 0 Å². The minimum atomic E-state index is -1.03. The van der Waals surface area contributed by atoms with Crippen molar-refractivity contribution in [1.29, 1.82) is 0 Å². The first kappa shape index (κ1) is 24.9. The van der Waals surface area contributed by atoms with Crippen molar-refractivity contribution in [2.75, 3.05) is 19.0 Å². The van der Waals surface area contributed by atoms with E-state index in [0.29, 0.717) is 43.2 Å². The predicted octanol–water partition coefficient (Wildman–Crippen LogP) is 2.83. The molecule has 4 rings (SSSR count). The average Bonchev–Trinajstić information content (AvgIpc) is 3.17. The summed E-state index contributed by atoms with van der Waals surface area (Å²) in [5.74, 6) is -0.919. The third-order valence-electron chi connectivity index (χ3n) is 5.87. The molecular formula is C26H25N3O6S. The lowest BCUT2D eigenvalue weighted by Crippen LogP contribution is -2.40. The molecule has 0 saturated heterocycles. The van der Waals surface area contributed by atoms with Gasteiger partial charge in [-0.3, -0.25) is 9.36 Å². The van der Waals surface area contributed by atoms with Crippen LogP contribution in [0, 0.1) is 6.92 Å². The van der Waals surface area contributed by atoms with E-state index in [1.165, 1.54) is 28.2 Å². The van der Waals surface area contributed by atoms with Crippen LogP contribution in [-0.2, 0) is 9.53 Å². The highest BCUT2D eigenvalue weighted by molar-refractivity contribution is 7.07. The Morgan fingerprint density at radius 1 is 1.19 bits per heavy atom. The zero-order valence-corrected chi connectivity index (χ0v) is 21.0. The Kier molecular flexibility index (Phi) is 7.07. The number of aromatic nitrogens is 1. The van der Waals surface area contributed by atoms with Crippen LogP contribution in [0.4, 0.5) is 5.69 Å². The Bertz CT molecular complexity index is 1550. The second-order valence-electron chi connectivity index (χ2n) is 8.00. The summed E-state index contributed by atoms with van der Waals surface area (Å²) in [6.07, 6.45) is 1.53. The maximum Gasteiger partial charge on any atom is 0.338 e. The first-order valence-corrected chi connectivity index (χ1v) is 12.0. The number of benzene rings is 2. The number of allylic oxidation sites excluding steroid dienone is 1. The van der Waals surface area contributed by atoms with E-state index < -0.39 is 18.0 Å². The van der Waals surface area contributed by atoms with Crippen LogP contribution in [0.25, 0.3) is 6.20 Å². The molecule has 1 aromatic heterocycles. The summed E-state index contributed by atoms with van der Waals surface area (Å²) in [6.45, 7) is 5.32. The van der Waals surface area contributed by atoms with Gasteiger partial charge < -0.3 is 19.9 Å². The lowest BCUT2D eigenvalue weighted by molar-refractivity contribution is -0.139. The van der Waals surface area contributed by atoms with E-state index in [2.05, 4.69) is 10.3 Å². The number of aromatic carboxylic acids is 1. The number of hydrogen-bond donors (Lipinski definition) is 2. The number of nitrogens with one attached hydrogen (secondary N) is 1. The highest BCUT2D eigenvalue weighted by atomic mass is 32.1. The minimum absolute atomic E-state index is 0.170. The topological polar surface area (TPSA) is 119 Å². The van der Waals surface area contributed by atoms with Crippen molar-refractivity contribution in [2.24, 2.45) is 4.99 Å². The predicted molar refractivity (Wildman–Crippen MR) is 136 cm³/mol. The van der Waals surface area contributed by atoms with Crippen LogP contribution in [0.3, 0.4) is 0 Å². The molecule has 3 aromatic rings. The lowest BCUT2D eigenvalue weighted by atomic mass is 9.96. The van der Waals surface area contributed by atoms with Crippen LogP contribution in [0.1, 0.15) is 41.4 Å². The Hall–Kier alpha value is -4.18. The van der Waals surface area contributed by atoms with Gasteiger partial charge in [0.25, 0.3) is 5.56 Å². The summed E-state index contributed by atoms with van der Waals surface area (Å²) in [5.41, 5.74) is 2.41. The summed E-state index contributed by atoms with van der Waals surface area (Å²) >= 11 is 1.17. The van der Waals surface area contributed by atoms with Crippen LogP contribution in [-0.4, -0.2) is 35.3 Å². The molecule has 0 bridgehead atoms. The normalized spacial score (nSPS) is 15.2. The summed E-state index contributed by atoms with van der Waals surface area (Å²) in [5, 5.41) is 12.4. The van der Waals surface area contributed by atoms with E-state index in [4.69, 9.17) is 9.47 Å². The van der Waals surface area contributed by atoms with Gasteiger partial charge in [0.2, 0.25) is 0 Å². The molecule has 2 heterocycles. The van der Waals surface area contributed by atoms with Crippen molar-refractivity contribution >= 4 is 35.2 Å². The molecule has 1 aliphatic rings. The van der Waals surface area contributed by atoms with Gasteiger partial charge >= 0.3 is 11.9 Å². The van der Waals surface area contributed by atoms with Crippen molar-refractivity contribution in [3.05, 3.63) is 90.1 Å². The molecule has 0 fully saturated rings. The molecule has 0 aliphatic carbocycles. The number of carbonyl (C=O) groups is 2. The van der Waals surface area contributed by atoms with Gasteiger partial charge in [-0.05, 0) is 56.2 Å². The Morgan fingerprint density at radius 2 is 1.92 bits per heavy atom. The van der Waals surface area contributed by atoms with Gasteiger partial charge in [0.15, 0.2) is 4.80 Å². The number of rotatable bonds is 7. The molecule has 0 spiro atoms. The Labute approximate surface area is 210 Å². The van der Waals surface area contributed by atoms with E-state index in [1.54, 1.807) is 64.3 Å². The zero-order chi connectivity index (χ0) is 26.0. The average molecular weight is 508 g/mol. The minimum Gasteiger partial charge on any atom is -0.497 e. The number of hydrogen-bond acceptors (Lipinski definition) is 8. The number of fused-ring (bicyclic) bond motifs is 1. The maximum atomic E-state index is 13.6. The number of carboxylic acid groups (broad SMARTS) is 1. The molecule has 1 aliphatic heterocycles. The Morgan fingerprint density at radius 3 is 2.56 bits per heavy atom. The van der Waals surface area contributed by atoms with E-state index in [9.17, 15) is 19.5 Å². The van der Waals surface area contributed by atoms with E-state index in [-0.39, 0.29) is 17.7 Å². The fourth-order valence-electron chi connectivity index (χ4n) is 4.06. The van der Waals surface area contributed by atoms with Gasteiger partial charge in [-0.1, -0.05) is 29.5 Å². The highest BCUT2D eigenvalue weighted by Gasteiger charge is 2.33. The number of nitrogens with zero attached hydrogens (tertiary/aromatic N) is 2. The SMILES string of the molecule is CCOC(=O)C1=C(C)N=c2s/c(=C\Nc3cccc(C(=O)O)c3C)c(=O)n2[C@H]1c1ccc(OC)cc1. The van der Waals surface area contributed by atoms with Crippen LogP contribution in [0.2, 0.25) is 0 Å². The highest BCUT2D eigenvalue weighted by Crippen LogP contribution is 2.31. The standard InChI is InChI=1S/C26H25N3O6S/c1-5-35-25(33)21-15(3)28-26-29(22(21)16-9-11-17(34-4)12-10-16)23(30)20(36-26)13-27-19-8-6-7-18(14(19)2)24(31)32/h6-13,22,27H,5H2,1-4H3,(H,31,32)/b20-13-/t22-/m0/s1. The molecule has 0 saturated carbocycles. The van der Waals surface area contributed by atoms with Gasteiger partial charge in [-0.2, -0.15) is 0 Å². The molecule has 0 unspecified atom stereocenters. The molecule has 0 radical (unpaired) electrons. The zero-order valence-electron chi connectivity index (χ0n) is 20.2. The number of carbonyl (C=O) groups excluding carboxylic acids is 1. The fraction of sp³-hybridized carbons (Fsp3) is 0.231. The van der Waals surface area contributed by atoms with Crippen molar-refractivity contribution in [1.82, 2.24) is 4.57 Å². The monoisotopic (exact) mass is 507 g/mol. The van der Waals surface area contributed by atoms with Crippen molar-refractivity contribution in [3.63, 3.8) is 0 Å².